The Bertz CT molecular complexity index is 167. The molecule has 0 aromatic rings. The number of carbonyl (C=O) groups is 1. The van der Waals surface area contributed by atoms with Gasteiger partial charge in [0.2, 0.25) is 0 Å². The summed E-state index contributed by atoms with van der Waals surface area (Å²) in [5, 5.41) is 16.2. The van der Waals surface area contributed by atoms with Crippen LogP contribution in [0.2, 0.25) is 0 Å². The standard InChI is InChI=1S/C7H9NO2/c8-6-4-2-1-3-5-7(9)10/h3,5H,1-2,4H2,(H,9,10). The molecule has 0 rings (SSSR count). The van der Waals surface area contributed by atoms with E-state index in [0.717, 1.165) is 12.5 Å². The Morgan fingerprint density at radius 1 is 1.70 bits per heavy atom. The minimum atomic E-state index is -0.933. The second-order valence-electron chi connectivity index (χ2n) is 1.79. The van der Waals surface area contributed by atoms with Crippen molar-refractivity contribution in [1.29, 1.82) is 5.26 Å². The second kappa shape index (κ2) is 5.83. The van der Waals surface area contributed by atoms with Crippen LogP contribution in [0.4, 0.5) is 0 Å². The molecule has 0 aromatic heterocycles. The Hall–Kier alpha value is -1.30. The van der Waals surface area contributed by atoms with Crippen molar-refractivity contribution in [3.8, 4) is 6.07 Å². The first-order valence-electron chi connectivity index (χ1n) is 3.04. The summed E-state index contributed by atoms with van der Waals surface area (Å²) in [4.78, 5) is 9.88. The molecule has 3 nitrogen and oxygen atoms in total. The maximum absolute atomic E-state index is 9.88. The lowest BCUT2D eigenvalue weighted by Gasteiger charge is -1.83. The summed E-state index contributed by atoms with van der Waals surface area (Å²) in [5.41, 5.74) is 0. The summed E-state index contributed by atoms with van der Waals surface area (Å²) in [6.07, 6.45) is 4.54. The van der Waals surface area contributed by atoms with Crippen LogP contribution in [0.5, 0.6) is 0 Å². The summed E-state index contributed by atoms with van der Waals surface area (Å²) in [5.74, 6) is -0.933. The topological polar surface area (TPSA) is 61.1 Å². The molecule has 0 saturated carbocycles. The molecule has 54 valence electrons. The largest absolute Gasteiger partial charge is 0.478 e. The first kappa shape index (κ1) is 8.70. The molecule has 0 aliphatic carbocycles. The molecule has 3 heteroatoms. The van der Waals surface area contributed by atoms with Gasteiger partial charge in [0, 0.05) is 12.5 Å². The van der Waals surface area contributed by atoms with Crippen molar-refractivity contribution in [1.82, 2.24) is 0 Å². The lowest BCUT2D eigenvalue weighted by Crippen LogP contribution is -1.85. The third-order valence-corrected chi connectivity index (χ3v) is 0.920. The number of allylic oxidation sites excluding steroid dienone is 1. The van der Waals surface area contributed by atoms with Crippen LogP contribution < -0.4 is 0 Å². The first-order chi connectivity index (χ1) is 4.77. The molecule has 0 bridgehead atoms. The first-order valence-corrected chi connectivity index (χ1v) is 3.04. The van der Waals surface area contributed by atoms with Gasteiger partial charge in [-0.25, -0.2) is 4.79 Å². The lowest BCUT2D eigenvalue weighted by atomic mass is 10.2. The highest BCUT2D eigenvalue weighted by molar-refractivity contribution is 5.79. The van der Waals surface area contributed by atoms with Crippen molar-refractivity contribution in [2.24, 2.45) is 0 Å². The maximum atomic E-state index is 9.88. The average molecular weight is 139 g/mol. The van der Waals surface area contributed by atoms with E-state index >= 15 is 0 Å². The number of carboxylic acid groups (broad SMARTS) is 1. The predicted molar refractivity (Wildman–Crippen MR) is 36.2 cm³/mol. The molecular formula is C7H9NO2. The molecule has 0 saturated heterocycles. The molecule has 1 N–H and O–H groups in total. The van der Waals surface area contributed by atoms with Crippen molar-refractivity contribution in [2.75, 3.05) is 0 Å². The van der Waals surface area contributed by atoms with Gasteiger partial charge in [0.05, 0.1) is 6.07 Å². The van der Waals surface area contributed by atoms with E-state index in [0.29, 0.717) is 12.8 Å². The molecule has 0 aromatic carbocycles. The van der Waals surface area contributed by atoms with Crippen LogP contribution in [-0.2, 0) is 4.79 Å². The number of rotatable bonds is 4. The highest BCUT2D eigenvalue weighted by Crippen LogP contribution is 1.94. The third-order valence-electron chi connectivity index (χ3n) is 0.920. The van der Waals surface area contributed by atoms with Gasteiger partial charge in [-0.05, 0) is 12.8 Å². The summed E-state index contributed by atoms with van der Waals surface area (Å²) < 4.78 is 0. The zero-order valence-electron chi connectivity index (χ0n) is 5.58. The number of hydrogen-bond donors (Lipinski definition) is 1. The van der Waals surface area contributed by atoms with E-state index in [1.54, 1.807) is 6.08 Å². The number of carboxylic acids is 1. The highest BCUT2D eigenvalue weighted by Gasteiger charge is 1.84. The van der Waals surface area contributed by atoms with Gasteiger partial charge in [-0.15, -0.1) is 0 Å². The summed E-state index contributed by atoms with van der Waals surface area (Å²) >= 11 is 0. The van der Waals surface area contributed by atoms with E-state index in [1.165, 1.54) is 0 Å². The molecule has 0 spiro atoms. The minimum Gasteiger partial charge on any atom is -0.478 e. The SMILES string of the molecule is N#CCCCC=CC(=O)O. The van der Waals surface area contributed by atoms with Crippen molar-refractivity contribution in [3.05, 3.63) is 12.2 Å². The highest BCUT2D eigenvalue weighted by atomic mass is 16.4. The van der Waals surface area contributed by atoms with E-state index in [2.05, 4.69) is 0 Å². The zero-order valence-corrected chi connectivity index (χ0v) is 5.58. The molecule has 0 aliphatic rings. The summed E-state index contributed by atoms with van der Waals surface area (Å²) in [6, 6.07) is 1.97. The Kier molecular flexibility index (Phi) is 5.07. The number of unbranched alkanes of at least 4 members (excludes halogenated alkanes) is 2. The van der Waals surface area contributed by atoms with Gasteiger partial charge < -0.3 is 5.11 Å². The third kappa shape index (κ3) is 6.70. The van der Waals surface area contributed by atoms with E-state index in [4.69, 9.17) is 10.4 Å². The van der Waals surface area contributed by atoms with Crippen LogP contribution in [0.1, 0.15) is 19.3 Å². The van der Waals surface area contributed by atoms with Crippen LogP contribution in [-0.4, -0.2) is 11.1 Å². The Labute approximate surface area is 59.6 Å². The summed E-state index contributed by atoms with van der Waals surface area (Å²) in [7, 11) is 0. The molecule has 0 radical (unpaired) electrons. The predicted octanol–water partition coefficient (Wildman–Crippen LogP) is 1.32. The van der Waals surface area contributed by atoms with Gasteiger partial charge in [0.25, 0.3) is 0 Å². The van der Waals surface area contributed by atoms with E-state index < -0.39 is 5.97 Å². The van der Waals surface area contributed by atoms with Crippen LogP contribution in [0.15, 0.2) is 12.2 Å². The van der Waals surface area contributed by atoms with Gasteiger partial charge in [-0.1, -0.05) is 6.08 Å². The average Bonchev–Trinajstić information content (AvgIpc) is 1.87. The lowest BCUT2D eigenvalue weighted by molar-refractivity contribution is -0.131. The quantitative estimate of drug-likeness (QED) is 0.472. The Balaban J connectivity index is 3.20. The number of nitriles is 1. The summed E-state index contributed by atoms with van der Waals surface area (Å²) in [6.45, 7) is 0. The normalized spacial score (nSPS) is 9.50. The van der Waals surface area contributed by atoms with Gasteiger partial charge in [-0.3, -0.25) is 0 Å². The van der Waals surface area contributed by atoms with E-state index in [9.17, 15) is 4.79 Å². The van der Waals surface area contributed by atoms with Crippen molar-refractivity contribution in [2.45, 2.75) is 19.3 Å². The van der Waals surface area contributed by atoms with Gasteiger partial charge >= 0.3 is 5.97 Å². The fraction of sp³-hybridized carbons (Fsp3) is 0.429. The number of hydrogen-bond acceptors (Lipinski definition) is 2. The van der Waals surface area contributed by atoms with Gasteiger partial charge in [-0.2, -0.15) is 5.26 Å². The molecule has 0 heterocycles. The zero-order chi connectivity index (χ0) is 7.82. The monoisotopic (exact) mass is 139 g/mol. The Morgan fingerprint density at radius 3 is 2.90 bits per heavy atom. The molecule has 10 heavy (non-hydrogen) atoms. The van der Waals surface area contributed by atoms with Crippen molar-refractivity contribution < 1.29 is 9.90 Å². The second-order valence-corrected chi connectivity index (χ2v) is 1.79. The van der Waals surface area contributed by atoms with Crippen molar-refractivity contribution >= 4 is 5.97 Å². The van der Waals surface area contributed by atoms with Crippen LogP contribution in [0.25, 0.3) is 0 Å². The van der Waals surface area contributed by atoms with E-state index in [-0.39, 0.29) is 0 Å². The number of aliphatic carboxylic acids is 1. The fourth-order valence-electron chi connectivity index (χ4n) is 0.483. The van der Waals surface area contributed by atoms with Gasteiger partial charge in [0.1, 0.15) is 0 Å². The maximum Gasteiger partial charge on any atom is 0.327 e. The molecule has 0 fully saturated rings. The smallest absolute Gasteiger partial charge is 0.327 e. The van der Waals surface area contributed by atoms with Crippen molar-refractivity contribution in [3.63, 3.8) is 0 Å². The van der Waals surface area contributed by atoms with Crippen LogP contribution in [0, 0.1) is 11.3 Å². The minimum absolute atomic E-state index is 0.490. The molecule has 0 amide bonds. The number of nitrogens with zero attached hydrogens (tertiary/aromatic N) is 1. The Morgan fingerprint density at radius 2 is 2.40 bits per heavy atom. The molecule has 0 unspecified atom stereocenters. The van der Waals surface area contributed by atoms with Crippen LogP contribution in [0.3, 0.4) is 0 Å². The molecular weight excluding hydrogens is 130 g/mol. The molecule has 0 atom stereocenters. The fourth-order valence-corrected chi connectivity index (χ4v) is 0.483. The van der Waals surface area contributed by atoms with Gasteiger partial charge in [0.15, 0.2) is 0 Å². The van der Waals surface area contributed by atoms with Crippen LogP contribution >= 0.6 is 0 Å². The van der Waals surface area contributed by atoms with E-state index in [1.807, 2.05) is 6.07 Å². The molecule has 0 aliphatic heterocycles.